The second kappa shape index (κ2) is 5.72. The number of aromatic nitrogens is 5. The molecule has 0 unspecified atom stereocenters. The van der Waals surface area contributed by atoms with Gasteiger partial charge in [-0.3, -0.25) is 0 Å². The first kappa shape index (κ1) is 14.8. The van der Waals surface area contributed by atoms with Gasteiger partial charge in [0, 0.05) is 30.1 Å². The first-order valence-electron chi connectivity index (χ1n) is 7.51. The first-order chi connectivity index (χ1) is 11.6. The molecule has 0 atom stereocenters. The maximum atomic E-state index is 5.24. The number of nitrogens with zero attached hydrogens (tertiary/aromatic N) is 6. The van der Waals surface area contributed by atoms with E-state index in [-0.39, 0.29) is 0 Å². The van der Waals surface area contributed by atoms with Crippen molar-refractivity contribution in [3.05, 3.63) is 46.0 Å². The largest absolute Gasteiger partial charge is 0.361 e. The van der Waals surface area contributed by atoms with Gasteiger partial charge in [-0.1, -0.05) is 5.16 Å². The van der Waals surface area contributed by atoms with E-state index in [4.69, 9.17) is 9.62 Å². The number of hydrogen-bond acceptors (Lipinski definition) is 7. The predicted octanol–water partition coefficient (Wildman–Crippen LogP) is 3.09. The highest BCUT2D eigenvalue weighted by atomic mass is 32.1. The van der Waals surface area contributed by atoms with E-state index in [9.17, 15) is 0 Å². The summed E-state index contributed by atoms with van der Waals surface area (Å²) in [6.07, 6.45) is 0. The Morgan fingerprint density at radius 1 is 1.21 bits per heavy atom. The van der Waals surface area contributed by atoms with E-state index in [0.29, 0.717) is 6.54 Å². The lowest BCUT2D eigenvalue weighted by atomic mass is 10.2. The molecule has 7 nitrogen and oxygen atoms in total. The molecule has 0 aliphatic carbocycles. The van der Waals surface area contributed by atoms with E-state index in [1.807, 2.05) is 49.9 Å². The molecule has 0 aliphatic heterocycles. The first-order valence-corrected chi connectivity index (χ1v) is 8.45. The summed E-state index contributed by atoms with van der Waals surface area (Å²) in [5, 5.41) is 21.2. The molecule has 0 saturated carbocycles. The SMILES string of the molecule is Cc1noc(C)c1CN(C)c1ccc2nnc(-c3ccsc3)n2n1. The molecule has 4 aromatic heterocycles. The van der Waals surface area contributed by atoms with Crippen LogP contribution in [-0.2, 0) is 6.54 Å². The molecule has 24 heavy (non-hydrogen) atoms. The standard InChI is InChI=1S/C16H16N6OS/c1-10-13(11(2)23-20-10)8-21(3)15-5-4-14-17-18-16(22(14)19-15)12-6-7-24-9-12/h4-7,9H,8H2,1-3H3. The van der Waals surface area contributed by atoms with Gasteiger partial charge in [0.25, 0.3) is 0 Å². The van der Waals surface area contributed by atoms with E-state index in [0.717, 1.165) is 39.9 Å². The van der Waals surface area contributed by atoms with Crippen molar-refractivity contribution in [2.45, 2.75) is 20.4 Å². The van der Waals surface area contributed by atoms with E-state index >= 15 is 0 Å². The number of thiophene rings is 1. The lowest BCUT2D eigenvalue weighted by Gasteiger charge is -2.17. The van der Waals surface area contributed by atoms with Crippen LogP contribution in [0.5, 0.6) is 0 Å². The van der Waals surface area contributed by atoms with Gasteiger partial charge < -0.3 is 9.42 Å². The predicted molar refractivity (Wildman–Crippen MR) is 92.2 cm³/mol. The zero-order valence-electron chi connectivity index (χ0n) is 13.6. The molecule has 4 heterocycles. The average Bonchev–Trinajstić information content (AvgIpc) is 3.30. The molecule has 0 aromatic carbocycles. The molecule has 0 fully saturated rings. The smallest absolute Gasteiger partial charge is 0.186 e. The van der Waals surface area contributed by atoms with Crippen LogP contribution in [0.15, 0.2) is 33.5 Å². The Morgan fingerprint density at radius 2 is 2.08 bits per heavy atom. The third-order valence-electron chi connectivity index (χ3n) is 4.00. The van der Waals surface area contributed by atoms with Gasteiger partial charge in [0.05, 0.1) is 5.69 Å². The second-order valence-corrected chi connectivity index (χ2v) is 6.44. The fourth-order valence-electron chi connectivity index (χ4n) is 2.60. The topological polar surface area (TPSA) is 72.4 Å². The van der Waals surface area contributed by atoms with Gasteiger partial charge in [0.15, 0.2) is 11.5 Å². The highest BCUT2D eigenvalue weighted by molar-refractivity contribution is 7.08. The Balaban J connectivity index is 1.70. The van der Waals surface area contributed by atoms with Crippen LogP contribution in [0.3, 0.4) is 0 Å². The average molecular weight is 340 g/mol. The number of fused-ring (bicyclic) bond motifs is 1. The monoisotopic (exact) mass is 340 g/mol. The third-order valence-corrected chi connectivity index (χ3v) is 4.68. The summed E-state index contributed by atoms with van der Waals surface area (Å²) in [6.45, 7) is 4.55. The van der Waals surface area contributed by atoms with Crippen LogP contribution in [0.2, 0.25) is 0 Å². The number of hydrogen-bond donors (Lipinski definition) is 0. The van der Waals surface area contributed by atoms with Crippen molar-refractivity contribution in [1.82, 2.24) is 25.0 Å². The van der Waals surface area contributed by atoms with E-state index in [2.05, 4.69) is 20.3 Å². The summed E-state index contributed by atoms with van der Waals surface area (Å²) in [4.78, 5) is 2.06. The summed E-state index contributed by atoms with van der Waals surface area (Å²) in [7, 11) is 1.99. The van der Waals surface area contributed by atoms with Gasteiger partial charge >= 0.3 is 0 Å². The van der Waals surface area contributed by atoms with Crippen molar-refractivity contribution in [3.8, 4) is 11.4 Å². The van der Waals surface area contributed by atoms with E-state index in [1.54, 1.807) is 15.9 Å². The van der Waals surface area contributed by atoms with Gasteiger partial charge in [-0.25, -0.2) is 0 Å². The fourth-order valence-corrected chi connectivity index (χ4v) is 3.23. The Kier molecular flexibility index (Phi) is 3.53. The zero-order valence-corrected chi connectivity index (χ0v) is 14.4. The zero-order chi connectivity index (χ0) is 16.7. The minimum absolute atomic E-state index is 0.676. The molecule has 0 saturated heterocycles. The number of aryl methyl sites for hydroxylation is 2. The van der Waals surface area contributed by atoms with Crippen LogP contribution in [0.4, 0.5) is 5.82 Å². The lowest BCUT2D eigenvalue weighted by Crippen LogP contribution is -2.19. The highest BCUT2D eigenvalue weighted by Gasteiger charge is 2.15. The molecule has 122 valence electrons. The van der Waals surface area contributed by atoms with Crippen LogP contribution in [-0.4, -0.2) is 32.0 Å². The highest BCUT2D eigenvalue weighted by Crippen LogP contribution is 2.22. The maximum absolute atomic E-state index is 5.24. The quantitative estimate of drug-likeness (QED) is 0.568. The summed E-state index contributed by atoms with van der Waals surface area (Å²) < 4.78 is 7.02. The Labute approximate surface area is 142 Å². The van der Waals surface area contributed by atoms with Gasteiger partial charge in [0.1, 0.15) is 11.6 Å². The van der Waals surface area contributed by atoms with Crippen LogP contribution < -0.4 is 4.90 Å². The summed E-state index contributed by atoms with van der Waals surface area (Å²) in [6, 6.07) is 5.89. The fraction of sp³-hybridized carbons (Fsp3) is 0.250. The third kappa shape index (κ3) is 2.44. The van der Waals surface area contributed by atoms with E-state index < -0.39 is 0 Å². The molecule has 0 bridgehead atoms. The van der Waals surface area contributed by atoms with Crippen LogP contribution in [0.25, 0.3) is 17.0 Å². The van der Waals surface area contributed by atoms with Gasteiger partial charge in [-0.15, -0.1) is 15.3 Å². The van der Waals surface area contributed by atoms with Gasteiger partial charge in [-0.05, 0) is 37.4 Å². The summed E-state index contributed by atoms with van der Waals surface area (Å²) >= 11 is 1.63. The molecular formula is C16H16N6OS. The van der Waals surface area contributed by atoms with Crippen LogP contribution in [0, 0.1) is 13.8 Å². The minimum atomic E-state index is 0.676. The van der Waals surface area contributed by atoms with Gasteiger partial charge in [-0.2, -0.15) is 15.9 Å². The molecule has 0 radical (unpaired) electrons. The van der Waals surface area contributed by atoms with Crippen molar-refractivity contribution in [2.75, 3.05) is 11.9 Å². The molecule has 0 N–H and O–H groups in total. The molecular weight excluding hydrogens is 324 g/mol. The molecule has 0 aliphatic rings. The molecule has 4 aromatic rings. The van der Waals surface area contributed by atoms with Crippen molar-refractivity contribution in [2.24, 2.45) is 0 Å². The number of anilines is 1. The molecule has 0 amide bonds. The van der Waals surface area contributed by atoms with Crippen LogP contribution in [0.1, 0.15) is 17.0 Å². The van der Waals surface area contributed by atoms with E-state index in [1.165, 1.54) is 0 Å². The molecule has 0 spiro atoms. The summed E-state index contributed by atoms with van der Waals surface area (Å²) in [5.41, 5.74) is 3.74. The Bertz CT molecular complexity index is 968. The lowest BCUT2D eigenvalue weighted by molar-refractivity contribution is 0.392. The van der Waals surface area contributed by atoms with Crippen molar-refractivity contribution in [1.29, 1.82) is 0 Å². The van der Waals surface area contributed by atoms with Gasteiger partial charge in [0.2, 0.25) is 0 Å². The van der Waals surface area contributed by atoms with Crippen molar-refractivity contribution >= 4 is 22.8 Å². The maximum Gasteiger partial charge on any atom is 0.186 e. The normalized spacial score (nSPS) is 11.3. The molecule has 4 rings (SSSR count). The van der Waals surface area contributed by atoms with Crippen molar-refractivity contribution < 1.29 is 4.52 Å². The molecule has 8 heteroatoms. The van der Waals surface area contributed by atoms with Crippen molar-refractivity contribution in [3.63, 3.8) is 0 Å². The minimum Gasteiger partial charge on any atom is -0.361 e. The number of rotatable bonds is 4. The Hall–Kier alpha value is -2.74. The second-order valence-electron chi connectivity index (χ2n) is 5.66. The Morgan fingerprint density at radius 3 is 2.79 bits per heavy atom. The van der Waals surface area contributed by atoms with Crippen LogP contribution >= 0.6 is 11.3 Å². The summed E-state index contributed by atoms with van der Waals surface area (Å²) in [5.74, 6) is 2.42.